The van der Waals surface area contributed by atoms with Gasteiger partial charge in [-0.15, -0.1) is 0 Å². The van der Waals surface area contributed by atoms with E-state index in [1.54, 1.807) is 7.11 Å². The molecule has 0 unspecified atom stereocenters. The van der Waals surface area contributed by atoms with Crippen molar-refractivity contribution in [2.75, 3.05) is 33.4 Å². The van der Waals surface area contributed by atoms with Crippen LogP contribution in [0.5, 0.6) is 11.5 Å². The van der Waals surface area contributed by atoms with E-state index in [0.29, 0.717) is 36.6 Å². The van der Waals surface area contributed by atoms with Gasteiger partial charge in [0.15, 0.2) is 0 Å². The molecule has 0 aliphatic carbocycles. The second-order valence-corrected chi connectivity index (χ2v) is 8.61. The normalized spacial score (nSPS) is 22.1. The van der Waals surface area contributed by atoms with Crippen LogP contribution in [-0.2, 0) is 16.1 Å². The lowest BCUT2D eigenvalue weighted by molar-refractivity contribution is -0.142. The Morgan fingerprint density at radius 3 is 2.73 bits per heavy atom. The SMILES string of the molecule is COCCN1C(=O)CC[C@H]2CN(Cc3cccc(Oc4ccc(Cl)cc4)c3)CC[C@H]21. The number of amides is 1. The van der Waals surface area contributed by atoms with Crippen LogP contribution in [-0.4, -0.2) is 55.1 Å². The van der Waals surface area contributed by atoms with E-state index < -0.39 is 0 Å². The molecular formula is C24H29ClN2O3. The summed E-state index contributed by atoms with van der Waals surface area (Å²) in [5.74, 6) is 2.44. The lowest BCUT2D eigenvalue weighted by atomic mass is 9.83. The van der Waals surface area contributed by atoms with E-state index in [0.717, 1.165) is 44.0 Å². The molecular weight excluding hydrogens is 400 g/mol. The molecule has 4 rings (SSSR count). The third-order valence-electron chi connectivity index (χ3n) is 6.12. The second-order valence-electron chi connectivity index (χ2n) is 8.17. The van der Waals surface area contributed by atoms with Crippen molar-refractivity contribution in [3.63, 3.8) is 0 Å². The molecule has 5 nitrogen and oxygen atoms in total. The highest BCUT2D eigenvalue weighted by Crippen LogP contribution is 2.32. The van der Waals surface area contributed by atoms with Crippen LogP contribution >= 0.6 is 11.6 Å². The van der Waals surface area contributed by atoms with Crippen molar-refractivity contribution in [2.45, 2.75) is 31.8 Å². The van der Waals surface area contributed by atoms with Gasteiger partial charge >= 0.3 is 0 Å². The molecule has 30 heavy (non-hydrogen) atoms. The maximum absolute atomic E-state index is 12.4. The molecule has 2 aliphatic rings. The first-order valence-electron chi connectivity index (χ1n) is 10.7. The topological polar surface area (TPSA) is 42.0 Å². The van der Waals surface area contributed by atoms with Crippen LogP contribution in [0.15, 0.2) is 48.5 Å². The molecule has 0 spiro atoms. The first-order chi connectivity index (χ1) is 14.6. The molecule has 0 bridgehead atoms. The molecule has 0 aromatic heterocycles. The first kappa shape index (κ1) is 21.2. The zero-order chi connectivity index (χ0) is 20.9. The maximum Gasteiger partial charge on any atom is 0.222 e. The van der Waals surface area contributed by atoms with Crippen LogP contribution in [0, 0.1) is 5.92 Å². The fraction of sp³-hybridized carbons (Fsp3) is 0.458. The lowest BCUT2D eigenvalue weighted by Crippen LogP contribution is -2.56. The number of rotatable bonds is 7. The van der Waals surface area contributed by atoms with Crippen molar-refractivity contribution in [1.29, 1.82) is 0 Å². The van der Waals surface area contributed by atoms with Crippen molar-refractivity contribution in [2.24, 2.45) is 5.92 Å². The molecule has 2 saturated heterocycles. The number of likely N-dealkylation sites (tertiary alicyclic amines) is 2. The van der Waals surface area contributed by atoms with Crippen LogP contribution in [0.1, 0.15) is 24.8 Å². The first-order valence-corrected chi connectivity index (χ1v) is 11.0. The van der Waals surface area contributed by atoms with Crippen molar-refractivity contribution < 1.29 is 14.3 Å². The van der Waals surface area contributed by atoms with Gasteiger partial charge in [0.25, 0.3) is 0 Å². The number of nitrogens with zero attached hydrogens (tertiary/aromatic N) is 2. The summed E-state index contributed by atoms with van der Waals surface area (Å²) >= 11 is 5.95. The average Bonchev–Trinajstić information content (AvgIpc) is 2.75. The van der Waals surface area contributed by atoms with Gasteiger partial charge in [-0.3, -0.25) is 9.69 Å². The van der Waals surface area contributed by atoms with E-state index in [2.05, 4.69) is 21.9 Å². The zero-order valence-electron chi connectivity index (χ0n) is 17.4. The number of carbonyl (C=O) groups excluding carboxylic acids is 1. The summed E-state index contributed by atoms with van der Waals surface area (Å²) in [4.78, 5) is 16.9. The fourth-order valence-corrected chi connectivity index (χ4v) is 4.78. The molecule has 160 valence electrons. The predicted octanol–water partition coefficient (Wildman–Crippen LogP) is 4.59. The Hall–Kier alpha value is -2.08. The van der Waals surface area contributed by atoms with Crippen molar-refractivity contribution >= 4 is 17.5 Å². The molecule has 2 aliphatic heterocycles. The van der Waals surface area contributed by atoms with E-state index >= 15 is 0 Å². The smallest absolute Gasteiger partial charge is 0.222 e. The van der Waals surface area contributed by atoms with E-state index in [1.165, 1.54) is 5.56 Å². The van der Waals surface area contributed by atoms with Gasteiger partial charge in [-0.1, -0.05) is 23.7 Å². The van der Waals surface area contributed by atoms with Gasteiger partial charge in [-0.2, -0.15) is 0 Å². The minimum atomic E-state index is 0.286. The number of ether oxygens (including phenoxy) is 2. The zero-order valence-corrected chi connectivity index (χ0v) is 18.2. The van der Waals surface area contributed by atoms with E-state index in [1.807, 2.05) is 36.4 Å². The highest BCUT2D eigenvalue weighted by atomic mass is 35.5. The van der Waals surface area contributed by atoms with E-state index in [4.69, 9.17) is 21.1 Å². The third kappa shape index (κ3) is 5.15. The summed E-state index contributed by atoms with van der Waals surface area (Å²) in [6.07, 6.45) is 2.67. The molecule has 2 fully saturated rings. The Kier molecular flexibility index (Phi) is 6.93. The van der Waals surface area contributed by atoms with Crippen molar-refractivity contribution in [3.8, 4) is 11.5 Å². The molecule has 2 atom stereocenters. The van der Waals surface area contributed by atoms with Crippen LogP contribution in [0.25, 0.3) is 0 Å². The van der Waals surface area contributed by atoms with Gasteiger partial charge in [-0.25, -0.2) is 0 Å². The standard InChI is InChI=1S/C24H29ClN2O3/c1-29-14-13-27-23-11-12-26(17-19(23)5-10-24(27)28)16-18-3-2-4-22(15-18)30-21-8-6-20(25)7-9-21/h2-4,6-9,15,19,23H,5,10-14,16-17H2,1H3/t19-,23+/m0/s1. The summed E-state index contributed by atoms with van der Waals surface area (Å²) in [7, 11) is 1.69. The molecule has 0 radical (unpaired) electrons. The van der Waals surface area contributed by atoms with Gasteiger partial charge in [0.1, 0.15) is 11.5 Å². The summed E-state index contributed by atoms with van der Waals surface area (Å²) in [5, 5.41) is 0.699. The molecule has 2 aromatic rings. The van der Waals surface area contributed by atoms with Gasteiger partial charge in [-0.05, 0) is 60.7 Å². The van der Waals surface area contributed by atoms with Crippen LogP contribution in [0.4, 0.5) is 0 Å². The van der Waals surface area contributed by atoms with Crippen LogP contribution in [0.2, 0.25) is 5.02 Å². The van der Waals surface area contributed by atoms with Gasteiger partial charge in [0, 0.05) is 50.8 Å². The lowest BCUT2D eigenvalue weighted by Gasteiger charge is -2.47. The Morgan fingerprint density at radius 1 is 1.10 bits per heavy atom. The second kappa shape index (κ2) is 9.82. The van der Waals surface area contributed by atoms with Crippen LogP contribution < -0.4 is 4.74 Å². The molecule has 6 heteroatoms. The number of hydrogen-bond acceptors (Lipinski definition) is 4. The van der Waals surface area contributed by atoms with E-state index in [9.17, 15) is 4.79 Å². The maximum atomic E-state index is 12.4. The molecule has 2 aromatic carbocycles. The quantitative estimate of drug-likeness (QED) is 0.646. The summed E-state index contributed by atoms with van der Waals surface area (Å²) in [6, 6.07) is 16.0. The molecule has 1 amide bonds. The number of benzene rings is 2. The highest BCUT2D eigenvalue weighted by molar-refractivity contribution is 6.30. The Balaban J connectivity index is 1.36. The number of fused-ring (bicyclic) bond motifs is 1. The van der Waals surface area contributed by atoms with E-state index in [-0.39, 0.29) is 5.91 Å². The molecule has 0 N–H and O–H groups in total. The highest BCUT2D eigenvalue weighted by Gasteiger charge is 2.38. The predicted molar refractivity (Wildman–Crippen MR) is 118 cm³/mol. The van der Waals surface area contributed by atoms with Crippen molar-refractivity contribution in [1.82, 2.24) is 9.80 Å². The number of halogens is 1. The van der Waals surface area contributed by atoms with Gasteiger partial charge in [0.2, 0.25) is 5.91 Å². The Labute approximate surface area is 183 Å². The monoisotopic (exact) mass is 428 g/mol. The van der Waals surface area contributed by atoms with Gasteiger partial charge in [0.05, 0.1) is 6.61 Å². The van der Waals surface area contributed by atoms with Crippen LogP contribution in [0.3, 0.4) is 0 Å². The van der Waals surface area contributed by atoms with Gasteiger partial charge < -0.3 is 14.4 Å². The summed E-state index contributed by atoms with van der Waals surface area (Å²) in [5.41, 5.74) is 1.24. The fourth-order valence-electron chi connectivity index (χ4n) is 4.65. The Morgan fingerprint density at radius 2 is 1.93 bits per heavy atom. The Bertz CT molecular complexity index is 858. The number of piperidine rings is 2. The average molecular weight is 429 g/mol. The largest absolute Gasteiger partial charge is 0.457 e. The summed E-state index contributed by atoms with van der Waals surface area (Å²) in [6.45, 7) is 4.25. The third-order valence-corrected chi connectivity index (χ3v) is 6.37. The molecule has 0 saturated carbocycles. The van der Waals surface area contributed by atoms with Crippen molar-refractivity contribution in [3.05, 3.63) is 59.1 Å². The summed E-state index contributed by atoms with van der Waals surface area (Å²) < 4.78 is 11.2. The molecule has 2 heterocycles. The minimum absolute atomic E-state index is 0.286. The number of methoxy groups -OCH3 is 1. The number of carbonyl (C=O) groups is 1. The minimum Gasteiger partial charge on any atom is -0.457 e. The number of hydrogen-bond donors (Lipinski definition) is 0.